The third kappa shape index (κ3) is 2.22. The number of benzene rings is 1. The summed E-state index contributed by atoms with van der Waals surface area (Å²) in [6.07, 6.45) is 3.72. The highest BCUT2D eigenvalue weighted by molar-refractivity contribution is 6.49. The summed E-state index contributed by atoms with van der Waals surface area (Å²) >= 11 is 6.04. The molecule has 0 atom stereocenters. The summed E-state index contributed by atoms with van der Waals surface area (Å²) in [4.78, 5) is 0. The second-order valence-corrected chi connectivity index (χ2v) is 3.34. The van der Waals surface area contributed by atoms with Gasteiger partial charge in [-0.25, -0.2) is 0 Å². The van der Waals surface area contributed by atoms with Crippen LogP contribution in [0.1, 0.15) is 23.6 Å². The predicted octanol–water partition coefficient (Wildman–Crippen LogP) is 4.24. The lowest BCUT2D eigenvalue weighted by molar-refractivity contribution is 1.44. The number of hydrogen-bond acceptors (Lipinski definition) is 0. The van der Waals surface area contributed by atoms with Gasteiger partial charge in [-0.3, -0.25) is 0 Å². The van der Waals surface area contributed by atoms with E-state index in [2.05, 4.69) is 19.6 Å². The van der Waals surface area contributed by atoms with Crippen molar-refractivity contribution < 1.29 is 0 Å². The lowest BCUT2D eigenvalue weighted by Crippen LogP contribution is -1.84. The number of hydrogen-bond donors (Lipinski definition) is 0. The molecule has 0 aliphatic heterocycles. The fourth-order valence-corrected chi connectivity index (χ4v) is 1.40. The van der Waals surface area contributed by atoms with Gasteiger partial charge in [0.2, 0.25) is 0 Å². The van der Waals surface area contributed by atoms with Crippen LogP contribution in [0.3, 0.4) is 0 Å². The normalized spacial score (nSPS) is 11.5. The summed E-state index contributed by atoms with van der Waals surface area (Å²) in [6, 6.07) is 6.15. The van der Waals surface area contributed by atoms with Gasteiger partial charge in [-0.15, -0.1) is 0 Å². The molecule has 0 spiro atoms. The maximum Gasteiger partial charge on any atom is 0.0441 e. The molecule has 0 aliphatic rings. The minimum Gasteiger partial charge on any atom is -0.0984 e. The third-order valence-electron chi connectivity index (χ3n) is 1.94. The van der Waals surface area contributed by atoms with E-state index >= 15 is 0 Å². The van der Waals surface area contributed by atoms with Crippen LogP contribution in [0, 0.1) is 6.92 Å². The molecular formula is C12H13Cl. The van der Waals surface area contributed by atoms with Crippen LogP contribution in [0.2, 0.25) is 0 Å². The molecule has 13 heavy (non-hydrogen) atoms. The Balaban J connectivity index is 3.29. The van der Waals surface area contributed by atoms with Gasteiger partial charge in [0.25, 0.3) is 0 Å². The lowest BCUT2D eigenvalue weighted by Gasteiger charge is -2.05. The number of allylic oxidation sites excluding steroid dienone is 1. The predicted molar refractivity (Wildman–Crippen MR) is 60.8 cm³/mol. The zero-order valence-electron chi connectivity index (χ0n) is 7.97. The van der Waals surface area contributed by atoms with Gasteiger partial charge < -0.3 is 0 Å². The molecule has 68 valence electrons. The Morgan fingerprint density at radius 1 is 1.46 bits per heavy atom. The molecule has 1 rings (SSSR count). The van der Waals surface area contributed by atoms with E-state index in [4.69, 9.17) is 11.6 Å². The van der Waals surface area contributed by atoms with Crippen molar-refractivity contribution in [1.29, 1.82) is 0 Å². The van der Waals surface area contributed by atoms with Gasteiger partial charge in [0, 0.05) is 5.03 Å². The summed E-state index contributed by atoms with van der Waals surface area (Å²) in [5.41, 5.74) is 3.35. The van der Waals surface area contributed by atoms with Crippen molar-refractivity contribution in [3.63, 3.8) is 0 Å². The molecule has 0 N–H and O–H groups in total. The van der Waals surface area contributed by atoms with Crippen molar-refractivity contribution in [3.05, 3.63) is 47.5 Å². The molecule has 0 radical (unpaired) electrons. The first-order chi connectivity index (χ1) is 6.19. The van der Waals surface area contributed by atoms with Crippen LogP contribution in [0.5, 0.6) is 0 Å². The van der Waals surface area contributed by atoms with E-state index in [1.165, 1.54) is 5.56 Å². The molecule has 0 aliphatic carbocycles. The molecule has 0 unspecified atom stereocenters. The highest BCUT2D eigenvalue weighted by atomic mass is 35.5. The van der Waals surface area contributed by atoms with Crippen molar-refractivity contribution in [1.82, 2.24) is 0 Å². The van der Waals surface area contributed by atoms with E-state index < -0.39 is 0 Å². The quantitative estimate of drug-likeness (QED) is 0.658. The minimum atomic E-state index is 0.773. The van der Waals surface area contributed by atoms with E-state index in [9.17, 15) is 0 Å². The van der Waals surface area contributed by atoms with Crippen LogP contribution < -0.4 is 0 Å². The first kappa shape index (κ1) is 10.1. The van der Waals surface area contributed by atoms with Gasteiger partial charge >= 0.3 is 0 Å². The summed E-state index contributed by atoms with van der Waals surface area (Å²) < 4.78 is 0. The van der Waals surface area contributed by atoms with Gasteiger partial charge in [-0.05, 0) is 25.0 Å². The van der Waals surface area contributed by atoms with Crippen molar-refractivity contribution in [2.45, 2.75) is 13.8 Å². The number of rotatable bonds is 2. The molecule has 0 heterocycles. The van der Waals surface area contributed by atoms with E-state index in [1.54, 1.807) is 0 Å². The Bertz CT molecular complexity index is 348. The zero-order chi connectivity index (χ0) is 9.84. The second-order valence-electron chi connectivity index (χ2n) is 2.93. The topological polar surface area (TPSA) is 0 Å². The molecule has 0 nitrogen and oxygen atoms in total. The molecule has 1 aromatic carbocycles. The van der Waals surface area contributed by atoms with Crippen LogP contribution in [0.15, 0.2) is 30.9 Å². The number of aryl methyl sites for hydroxylation is 1. The third-order valence-corrected chi connectivity index (χ3v) is 2.36. The molecule has 0 amide bonds. The molecule has 0 fully saturated rings. The number of halogens is 1. The Hall–Kier alpha value is -1.01. The summed E-state index contributed by atoms with van der Waals surface area (Å²) in [7, 11) is 0. The standard InChI is InChI=1S/C12H13Cl/c1-4-10-8-9(3)6-7-11(10)12(13)5-2/h4-8H,1H2,2-3H3/b12-5+. The van der Waals surface area contributed by atoms with Crippen LogP contribution in [-0.4, -0.2) is 0 Å². The first-order valence-corrected chi connectivity index (χ1v) is 4.62. The molecule has 1 aromatic rings. The maximum atomic E-state index is 6.04. The van der Waals surface area contributed by atoms with Crippen LogP contribution in [0.25, 0.3) is 11.1 Å². The molecule has 1 heteroatoms. The van der Waals surface area contributed by atoms with Crippen molar-refractivity contribution in [2.75, 3.05) is 0 Å². The van der Waals surface area contributed by atoms with E-state index in [1.807, 2.05) is 31.2 Å². The van der Waals surface area contributed by atoms with Gasteiger partial charge in [-0.2, -0.15) is 0 Å². The maximum absolute atomic E-state index is 6.04. The van der Waals surface area contributed by atoms with Gasteiger partial charge in [-0.1, -0.05) is 54.1 Å². The average Bonchev–Trinajstić information content (AvgIpc) is 2.16. The van der Waals surface area contributed by atoms with E-state index in [-0.39, 0.29) is 0 Å². The average molecular weight is 193 g/mol. The molecule has 0 saturated carbocycles. The highest BCUT2D eigenvalue weighted by Crippen LogP contribution is 2.24. The zero-order valence-corrected chi connectivity index (χ0v) is 8.73. The molecular weight excluding hydrogens is 180 g/mol. The minimum absolute atomic E-state index is 0.773. The Labute approximate surface area is 84.5 Å². The van der Waals surface area contributed by atoms with Gasteiger partial charge in [0.15, 0.2) is 0 Å². The molecule has 0 saturated heterocycles. The largest absolute Gasteiger partial charge is 0.0984 e. The Kier molecular flexibility index (Phi) is 3.32. The van der Waals surface area contributed by atoms with Crippen molar-refractivity contribution >= 4 is 22.7 Å². The Morgan fingerprint density at radius 3 is 2.69 bits per heavy atom. The monoisotopic (exact) mass is 192 g/mol. The smallest absolute Gasteiger partial charge is 0.0441 e. The summed E-state index contributed by atoms with van der Waals surface area (Å²) in [6.45, 7) is 7.75. The summed E-state index contributed by atoms with van der Waals surface area (Å²) in [5, 5.41) is 0.773. The van der Waals surface area contributed by atoms with Crippen LogP contribution in [0.4, 0.5) is 0 Å². The van der Waals surface area contributed by atoms with Gasteiger partial charge in [0.1, 0.15) is 0 Å². The van der Waals surface area contributed by atoms with E-state index in [0.717, 1.165) is 16.2 Å². The molecule has 0 aromatic heterocycles. The van der Waals surface area contributed by atoms with Crippen LogP contribution >= 0.6 is 11.6 Å². The van der Waals surface area contributed by atoms with Crippen molar-refractivity contribution in [2.24, 2.45) is 0 Å². The fourth-order valence-electron chi connectivity index (χ4n) is 1.22. The molecule has 0 bridgehead atoms. The van der Waals surface area contributed by atoms with Crippen LogP contribution in [-0.2, 0) is 0 Å². The van der Waals surface area contributed by atoms with E-state index in [0.29, 0.717) is 0 Å². The summed E-state index contributed by atoms with van der Waals surface area (Å²) in [5.74, 6) is 0. The van der Waals surface area contributed by atoms with Crippen molar-refractivity contribution in [3.8, 4) is 0 Å². The first-order valence-electron chi connectivity index (χ1n) is 4.24. The fraction of sp³-hybridized carbons (Fsp3) is 0.167. The second kappa shape index (κ2) is 4.29. The van der Waals surface area contributed by atoms with Gasteiger partial charge in [0.05, 0.1) is 0 Å². The lowest BCUT2D eigenvalue weighted by atomic mass is 10.0. The SMILES string of the molecule is C=Cc1cc(C)ccc1/C(Cl)=C\C. The highest BCUT2D eigenvalue weighted by Gasteiger charge is 2.01. The Morgan fingerprint density at radius 2 is 2.15 bits per heavy atom.